The second-order valence-corrected chi connectivity index (χ2v) is 6.58. The van der Waals surface area contributed by atoms with Gasteiger partial charge in [-0.15, -0.1) is 0 Å². The first kappa shape index (κ1) is 17.7. The molecule has 2 heterocycles. The number of hydrogen-bond acceptors (Lipinski definition) is 4. The summed E-state index contributed by atoms with van der Waals surface area (Å²) in [6, 6.07) is 8.99. The summed E-state index contributed by atoms with van der Waals surface area (Å²) in [5.41, 5.74) is 0.804. The Balaban J connectivity index is 1.64. The van der Waals surface area contributed by atoms with Crippen molar-refractivity contribution in [2.45, 2.75) is 26.3 Å². The molecule has 0 saturated carbocycles. The van der Waals surface area contributed by atoms with E-state index in [0.717, 1.165) is 12.8 Å². The standard InChI is InChI=1S/C20H18N4O4/c1-2-3-8-24-18(26)13-6-4-11(9-14(13)19(24)27)17(25)21-12-5-7-15-16(10-12)23-20(28)22-15/h4-7,9-10,26-27H,2-3,8H2,1H3,(H,21,25). The Morgan fingerprint density at radius 2 is 1.79 bits per heavy atom. The van der Waals surface area contributed by atoms with Gasteiger partial charge in [-0.2, -0.15) is 9.98 Å². The number of amides is 3. The van der Waals surface area contributed by atoms with Crippen molar-refractivity contribution in [3.63, 3.8) is 0 Å². The number of hydrogen-bond donors (Lipinski definition) is 3. The molecule has 0 aliphatic carbocycles. The van der Waals surface area contributed by atoms with E-state index in [1.807, 2.05) is 6.92 Å². The van der Waals surface area contributed by atoms with Crippen LogP contribution in [0.1, 0.15) is 30.1 Å². The van der Waals surface area contributed by atoms with Gasteiger partial charge < -0.3 is 15.5 Å². The van der Waals surface area contributed by atoms with E-state index in [2.05, 4.69) is 15.3 Å². The van der Waals surface area contributed by atoms with Gasteiger partial charge in [0.2, 0.25) is 11.8 Å². The number of carbonyl (C=O) groups excluding carboxylic acids is 2. The van der Waals surface area contributed by atoms with Crippen LogP contribution in [-0.2, 0) is 6.54 Å². The van der Waals surface area contributed by atoms with Gasteiger partial charge in [0.05, 0.1) is 10.7 Å². The van der Waals surface area contributed by atoms with E-state index in [0.29, 0.717) is 39.3 Å². The molecule has 0 spiro atoms. The van der Waals surface area contributed by atoms with E-state index in [1.54, 1.807) is 36.4 Å². The third-order valence-electron chi connectivity index (χ3n) is 4.68. The lowest BCUT2D eigenvalue weighted by Crippen LogP contribution is -2.22. The Kier molecular flexibility index (Phi) is 4.31. The van der Waals surface area contributed by atoms with Crippen molar-refractivity contribution in [2.24, 2.45) is 9.98 Å². The Morgan fingerprint density at radius 1 is 1.04 bits per heavy atom. The van der Waals surface area contributed by atoms with Gasteiger partial charge in [0.1, 0.15) is 0 Å². The van der Waals surface area contributed by atoms with E-state index in [4.69, 9.17) is 0 Å². The maximum absolute atomic E-state index is 12.6. The van der Waals surface area contributed by atoms with Crippen LogP contribution >= 0.6 is 0 Å². The molecule has 3 amide bonds. The SMILES string of the molecule is CCCCn1c(O)c2ccc(C(=O)Nc3ccc4c(c3)=NC(=O)N=4)cc2c1O. The summed E-state index contributed by atoms with van der Waals surface area (Å²) in [7, 11) is 0. The molecule has 8 nitrogen and oxygen atoms in total. The molecule has 0 radical (unpaired) electrons. The maximum Gasteiger partial charge on any atom is 0.368 e. The molecule has 0 bridgehead atoms. The highest BCUT2D eigenvalue weighted by Gasteiger charge is 2.18. The highest BCUT2D eigenvalue weighted by molar-refractivity contribution is 6.07. The molecule has 8 heteroatoms. The molecule has 0 unspecified atom stereocenters. The molecule has 3 N–H and O–H groups in total. The molecule has 28 heavy (non-hydrogen) atoms. The number of unbranched alkanes of at least 4 members (excludes halogenated alkanes) is 1. The first-order chi connectivity index (χ1) is 13.5. The second kappa shape index (κ2) is 6.80. The molecule has 1 aliphatic rings. The minimum Gasteiger partial charge on any atom is -0.494 e. The van der Waals surface area contributed by atoms with Crippen LogP contribution in [0.25, 0.3) is 10.8 Å². The second-order valence-electron chi connectivity index (χ2n) is 6.58. The van der Waals surface area contributed by atoms with Crippen molar-refractivity contribution >= 4 is 28.4 Å². The topological polar surface area (TPSA) is 116 Å². The minimum absolute atomic E-state index is 0.0124. The van der Waals surface area contributed by atoms with E-state index in [1.165, 1.54) is 4.57 Å². The van der Waals surface area contributed by atoms with Crippen LogP contribution < -0.4 is 16.0 Å². The van der Waals surface area contributed by atoms with Gasteiger partial charge in [0.25, 0.3) is 5.91 Å². The van der Waals surface area contributed by atoms with Crippen molar-refractivity contribution in [2.75, 3.05) is 5.32 Å². The van der Waals surface area contributed by atoms with E-state index >= 15 is 0 Å². The summed E-state index contributed by atoms with van der Waals surface area (Å²) < 4.78 is 1.44. The van der Waals surface area contributed by atoms with Crippen molar-refractivity contribution in [3.05, 3.63) is 52.7 Å². The van der Waals surface area contributed by atoms with E-state index in [-0.39, 0.29) is 17.7 Å². The summed E-state index contributed by atoms with van der Waals surface area (Å²) in [6.07, 6.45) is 1.74. The van der Waals surface area contributed by atoms with Crippen LogP contribution in [0.15, 0.2) is 46.4 Å². The summed E-state index contributed by atoms with van der Waals surface area (Å²) in [4.78, 5) is 31.3. The summed E-state index contributed by atoms with van der Waals surface area (Å²) in [6.45, 7) is 2.52. The number of benzene rings is 2. The number of nitrogens with zero attached hydrogens (tertiary/aromatic N) is 3. The number of carbonyl (C=O) groups is 2. The molecular weight excluding hydrogens is 360 g/mol. The van der Waals surface area contributed by atoms with Crippen molar-refractivity contribution in [1.82, 2.24) is 4.57 Å². The molecule has 3 aromatic rings. The first-order valence-corrected chi connectivity index (χ1v) is 8.95. The molecule has 0 atom stereocenters. The van der Waals surface area contributed by atoms with Crippen LogP contribution in [0.5, 0.6) is 11.8 Å². The highest BCUT2D eigenvalue weighted by Crippen LogP contribution is 2.37. The number of anilines is 1. The van der Waals surface area contributed by atoms with Gasteiger partial charge in [-0.05, 0) is 42.8 Å². The third-order valence-corrected chi connectivity index (χ3v) is 4.68. The predicted octanol–water partition coefficient (Wildman–Crippen LogP) is 2.48. The fraction of sp³-hybridized carbons (Fsp3) is 0.200. The largest absolute Gasteiger partial charge is 0.494 e. The Hall–Kier alpha value is -3.68. The number of urea groups is 1. The highest BCUT2D eigenvalue weighted by atomic mass is 16.3. The minimum atomic E-state index is -0.563. The molecule has 142 valence electrons. The number of aromatic nitrogens is 1. The lowest BCUT2D eigenvalue weighted by Gasteiger charge is -2.05. The summed E-state index contributed by atoms with van der Waals surface area (Å²) in [5.74, 6) is -0.461. The number of rotatable bonds is 5. The zero-order chi connectivity index (χ0) is 19.8. The van der Waals surface area contributed by atoms with Crippen molar-refractivity contribution in [1.29, 1.82) is 0 Å². The zero-order valence-corrected chi connectivity index (χ0v) is 15.1. The van der Waals surface area contributed by atoms with Crippen molar-refractivity contribution < 1.29 is 19.8 Å². The van der Waals surface area contributed by atoms with Crippen LogP contribution in [0.4, 0.5) is 10.5 Å². The van der Waals surface area contributed by atoms with Gasteiger partial charge >= 0.3 is 6.03 Å². The lowest BCUT2D eigenvalue weighted by molar-refractivity contribution is 0.102. The van der Waals surface area contributed by atoms with Crippen LogP contribution in [0.3, 0.4) is 0 Å². The van der Waals surface area contributed by atoms with Gasteiger partial charge in [-0.25, -0.2) is 4.79 Å². The van der Waals surface area contributed by atoms with Gasteiger partial charge in [-0.3, -0.25) is 9.36 Å². The molecule has 1 aromatic heterocycles. The lowest BCUT2D eigenvalue weighted by atomic mass is 10.1. The maximum atomic E-state index is 12.6. The molecule has 2 aromatic carbocycles. The predicted molar refractivity (Wildman–Crippen MR) is 102 cm³/mol. The third kappa shape index (κ3) is 2.98. The fourth-order valence-corrected chi connectivity index (χ4v) is 3.20. The molecule has 0 saturated heterocycles. The van der Waals surface area contributed by atoms with Crippen LogP contribution in [0.2, 0.25) is 0 Å². The monoisotopic (exact) mass is 378 g/mol. The quantitative estimate of drug-likeness (QED) is 0.632. The van der Waals surface area contributed by atoms with Crippen molar-refractivity contribution in [3.8, 4) is 11.8 Å². The van der Waals surface area contributed by atoms with Crippen LogP contribution in [0, 0.1) is 0 Å². The van der Waals surface area contributed by atoms with Gasteiger partial charge in [-0.1, -0.05) is 13.3 Å². The number of nitrogens with one attached hydrogen (secondary N) is 1. The average Bonchev–Trinajstić information content (AvgIpc) is 3.16. The van der Waals surface area contributed by atoms with Gasteiger partial charge in [0, 0.05) is 28.6 Å². The normalized spacial score (nSPS) is 12.5. The molecule has 1 aliphatic heterocycles. The van der Waals surface area contributed by atoms with E-state index < -0.39 is 6.03 Å². The zero-order valence-electron chi connectivity index (χ0n) is 15.1. The molecule has 4 rings (SSSR count). The van der Waals surface area contributed by atoms with E-state index in [9.17, 15) is 19.8 Å². The molecule has 0 fully saturated rings. The average molecular weight is 378 g/mol. The summed E-state index contributed by atoms with van der Waals surface area (Å²) >= 11 is 0. The van der Waals surface area contributed by atoms with Gasteiger partial charge in [0.15, 0.2) is 0 Å². The first-order valence-electron chi connectivity index (χ1n) is 8.95. The Labute approximate surface area is 159 Å². The smallest absolute Gasteiger partial charge is 0.368 e. The Morgan fingerprint density at radius 3 is 2.57 bits per heavy atom. The Bertz CT molecular complexity index is 1240. The molecular formula is C20H18N4O4. The van der Waals surface area contributed by atoms with Crippen LogP contribution in [-0.4, -0.2) is 26.7 Å². The number of fused-ring (bicyclic) bond motifs is 2. The number of aromatic hydroxyl groups is 2. The summed E-state index contributed by atoms with van der Waals surface area (Å²) in [5, 5.41) is 25.3. The fourth-order valence-electron chi connectivity index (χ4n) is 3.20.